The molecule has 0 aliphatic heterocycles. The second-order valence-electron chi connectivity index (χ2n) is 4.45. The Morgan fingerprint density at radius 1 is 1.05 bits per heavy atom. The molecule has 6 nitrogen and oxygen atoms in total. The molecule has 1 aromatic rings. The van der Waals surface area contributed by atoms with Crippen LogP contribution < -0.4 is 17.2 Å². The lowest BCUT2D eigenvalue weighted by Gasteiger charge is -2.25. The average molecular weight is 264 g/mol. The predicted octanol–water partition coefficient (Wildman–Crippen LogP) is -0.998. The first-order chi connectivity index (χ1) is 9.02. The summed E-state index contributed by atoms with van der Waals surface area (Å²) >= 11 is 0. The summed E-state index contributed by atoms with van der Waals surface area (Å²) in [6, 6.07) is 9.69. The highest BCUT2D eigenvalue weighted by Crippen LogP contribution is 2.15. The molecule has 104 valence electrons. The fraction of sp³-hybridized carbons (Fsp3) is 0.385. The maximum atomic E-state index is 11.0. The normalized spacial score (nSPS) is 12.3. The molecule has 0 aliphatic rings. The molecule has 19 heavy (non-hydrogen) atoms. The van der Waals surface area contributed by atoms with Crippen LogP contribution in [0.25, 0.3) is 0 Å². The van der Waals surface area contributed by atoms with Crippen LogP contribution in [0.15, 0.2) is 30.3 Å². The number of amides is 2. The minimum absolute atomic E-state index is 0.00767. The first-order valence-electron chi connectivity index (χ1n) is 6.07. The van der Waals surface area contributed by atoms with Crippen molar-refractivity contribution < 1.29 is 9.59 Å². The van der Waals surface area contributed by atoms with E-state index in [2.05, 4.69) is 0 Å². The second-order valence-corrected chi connectivity index (χ2v) is 4.45. The third-order valence-corrected chi connectivity index (χ3v) is 2.79. The van der Waals surface area contributed by atoms with Gasteiger partial charge in [-0.2, -0.15) is 0 Å². The van der Waals surface area contributed by atoms with E-state index in [4.69, 9.17) is 17.2 Å². The van der Waals surface area contributed by atoms with Gasteiger partial charge in [0.2, 0.25) is 11.8 Å². The van der Waals surface area contributed by atoms with Gasteiger partial charge in [0.05, 0.1) is 13.1 Å². The van der Waals surface area contributed by atoms with Crippen LogP contribution in [-0.4, -0.2) is 42.9 Å². The Labute approximate surface area is 112 Å². The Kier molecular flexibility index (Phi) is 5.98. The first kappa shape index (κ1) is 15.1. The number of hydrogen-bond donors (Lipinski definition) is 3. The van der Waals surface area contributed by atoms with Crippen LogP contribution in [-0.2, 0) is 9.59 Å². The molecule has 1 atom stereocenters. The van der Waals surface area contributed by atoms with E-state index in [-0.39, 0.29) is 19.0 Å². The van der Waals surface area contributed by atoms with E-state index in [1.54, 1.807) is 4.90 Å². The summed E-state index contributed by atoms with van der Waals surface area (Å²) in [6.45, 7) is 0.864. The first-order valence-corrected chi connectivity index (χ1v) is 6.07. The van der Waals surface area contributed by atoms with Crippen LogP contribution in [0, 0.1) is 0 Å². The molecule has 0 saturated heterocycles. The van der Waals surface area contributed by atoms with Crippen molar-refractivity contribution in [1.29, 1.82) is 0 Å². The van der Waals surface area contributed by atoms with Crippen molar-refractivity contribution in [3.05, 3.63) is 35.9 Å². The zero-order chi connectivity index (χ0) is 14.3. The molecule has 6 heteroatoms. The molecule has 0 heterocycles. The maximum Gasteiger partial charge on any atom is 0.231 e. The highest BCUT2D eigenvalue weighted by molar-refractivity contribution is 5.79. The molecule has 1 unspecified atom stereocenters. The standard InChI is InChI=1S/C13H20N4O2/c14-6-11(10-4-2-1-3-5-10)7-17(8-12(15)18)9-13(16)19/h1-5,11H,6-9,14H2,(H2,15,18)(H2,16,19). The topological polar surface area (TPSA) is 115 Å². The molecule has 0 radical (unpaired) electrons. The van der Waals surface area contributed by atoms with Gasteiger partial charge in [-0.1, -0.05) is 30.3 Å². The van der Waals surface area contributed by atoms with E-state index in [1.807, 2.05) is 30.3 Å². The lowest BCUT2D eigenvalue weighted by molar-refractivity contribution is -0.122. The fourth-order valence-corrected chi connectivity index (χ4v) is 1.98. The van der Waals surface area contributed by atoms with Crippen LogP contribution >= 0.6 is 0 Å². The smallest absolute Gasteiger partial charge is 0.231 e. The van der Waals surface area contributed by atoms with E-state index in [1.165, 1.54) is 0 Å². The number of nitrogens with zero attached hydrogens (tertiary/aromatic N) is 1. The summed E-state index contributed by atoms with van der Waals surface area (Å²) in [6.07, 6.45) is 0. The van der Waals surface area contributed by atoms with Crippen molar-refractivity contribution in [2.45, 2.75) is 5.92 Å². The number of benzene rings is 1. The highest BCUT2D eigenvalue weighted by atomic mass is 16.2. The van der Waals surface area contributed by atoms with Gasteiger partial charge in [-0.25, -0.2) is 0 Å². The third kappa shape index (κ3) is 5.50. The van der Waals surface area contributed by atoms with Crippen molar-refractivity contribution in [3.63, 3.8) is 0 Å². The van der Waals surface area contributed by atoms with E-state index < -0.39 is 11.8 Å². The van der Waals surface area contributed by atoms with Crippen LogP contribution in [0.2, 0.25) is 0 Å². The molecule has 0 aromatic heterocycles. The Hall–Kier alpha value is -1.92. The zero-order valence-corrected chi connectivity index (χ0v) is 10.8. The van der Waals surface area contributed by atoms with Gasteiger partial charge in [0.15, 0.2) is 0 Å². The van der Waals surface area contributed by atoms with Crippen molar-refractivity contribution in [2.24, 2.45) is 17.2 Å². The Balaban J connectivity index is 2.74. The Bertz CT molecular complexity index is 406. The number of hydrogen-bond acceptors (Lipinski definition) is 4. The van der Waals surface area contributed by atoms with Crippen LogP contribution in [0.4, 0.5) is 0 Å². The number of primary amides is 2. The molecule has 2 amide bonds. The summed E-state index contributed by atoms with van der Waals surface area (Å²) in [5, 5.41) is 0. The molecular formula is C13H20N4O2. The predicted molar refractivity (Wildman–Crippen MR) is 73.1 cm³/mol. The highest BCUT2D eigenvalue weighted by Gasteiger charge is 2.17. The summed E-state index contributed by atoms with van der Waals surface area (Å²) in [5.41, 5.74) is 17.1. The quantitative estimate of drug-likeness (QED) is 0.558. The van der Waals surface area contributed by atoms with Gasteiger partial charge in [0.1, 0.15) is 0 Å². The van der Waals surface area contributed by atoms with Crippen molar-refractivity contribution in [1.82, 2.24) is 4.90 Å². The lowest BCUT2D eigenvalue weighted by Crippen LogP contribution is -2.42. The van der Waals surface area contributed by atoms with Crippen LogP contribution in [0.5, 0.6) is 0 Å². The molecule has 1 aromatic carbocycles. The SMILES string of the molecule is NCC(CN(CC(N)=O)CC(N)=O)c1ccccc1. The Morgan fingerprint density at radius 3 is 2.00 bits per heavy atom. The summed E-state index contributed by atoms with van der Waals surface area (Å²) in [4.78, 5) is 23.6. The number of carbonyl (C=O) groups excluding carboxylic acids is 2. The third-order valence-electron chi connectivity index (χ3n) is 2.79. The maximum absolute atomic E-state index is 11.0. The van der Waals surface area contributed by atoms with Gasteiger partial charge in [0, 0.05) is 19.0 Å². The van der Waals surface area contributed by atoms with Crippen molar-refractivity contribution >= 4 is 11.8 Å². The number of nitrogens with two attached hydrogens (primary N) is 3. The largest absolute Gasteiger partial charge is 0.369 e. The molecule has 0 fully saturated rings. The minimum Gasteiger partial charge on any atom is -0.369 e. The molecule has 1 rings (SSSR count). The number of rotatable bonds is 8. The van der Waals surface area contributed by atoms with E-state index in [0.717, 1.165) is 5.56 Å². The van der Waals surface area contributed by atoms with Crippen molar-refractivity contribution in [2.75, 3.05) is 26.2 Å². The zero-order valence-electron chi connectivity index (χ0n) is 10.8. The van der Waals surface area contributed by atoms with Gasteiger partial charge in [0.25, 0.3) is 0 Å². The van der Waals surface area contributed by atoms with Crippen molar-refractivity contribution in [3.8, 4) is 0 Å². The molecule has 0 aliphatic carbocycles. The lowest BCUT2D eigenvalue weighted by atomic mass is 9.98. The second kappa shape index (κ2) is 7.50. The summed E-state index contributed by atoms with van der Waals surface area (Å²) in [5.74, 6) is -0.963. The van der Waals surface area contributed by atoms with Gasteiger partial charge >= 0.3 is 0 Å². The summed E-state index contributed by atoms with van der Waals surface area (Å²) in [7, 11) is 0. The molecule has 0 spiro atoms. The van der Waals surface area contributed by atoms with E-state index in [0.29, 0.717) is 13.1 Å². The fourth-order valence-electron chi connectivity index (χ4n) is 1.98. The van der Waals surface area contributed by atoms with E-state index in [9.17, 15) is 9.59 Å². The van der Waals surface area contributed by atoms with Gasteiger partial charge in [-0.15, -0.1) is 0 Å². The minimum atomic E-state index is -0.495. The number of carbonyl (C=O) groups is 2. The van der Waals surface area contributed by atoms with Gasteiger partial charge < -0.3 is 17.2 Å². The van der Waals surface area contributed by atoms with Crippen LogP contribution in [0.1, 0.15) is 11.5 Å². The van der Waals surface area contributed by atoms with E-state index >= 15 is 0 Å². The molecular weight excluding hydrogens is 244 g/mol. The summed E-state index contributed by atoms with van der Waals surface area (Å²) < 4.78 is 0. The molecule has 0 bridgehead atoms. The monoisotopic (exact) mass is 264 g/mol. The van der Waals surface area contributed by atoms with Crippen LogP contribution in [0.3, 0.4) is 0 Å². The average Bonchev–Trinajstić information content (AvgIpc) is 2.35. The molecule has 6 N–H and O–H groups in total. The molecule has 0 saturated carbocycles. The van der Waals surface area contributed by atoms with Gasteiger partial charge in [-0.3, -0.25) is 14.5 Å². The van der Waals surface area contributed by atoms with Gasteiger partial charge in [-0.05, 0) is 5.56 Å². The Morgan fingerprint density at radius 2 is 1.58 bits per heavy atom.